The first-order valence-corrected chi connectivity index (χ1v) is 7.24. The van der Waals surface area contributed by atoms with Crippen LogP contribution < -0.4 is 0 Å². The standard InChI is InChI=1S/C13H15NO2.C5H5N/c1-2-6-12-10-16-13(15)14(12)9-11-7-4-3-5-8-11;1-2-4-6-5-3-1/h2-5,7-8,12H,1,6,9-10H2;1-5H. The summed E-state index contributed by atoms with van der Waals surface area (Å²) in [7, 11) is 0. The van der Waals surface area contributed by atoms with E-state index >= 15 is 0 Å². The van der Waals surface area contributed by atoms with E-state index in [-0.39, 0.29) is 12.1 Å². The second-order valence-corrected chi connectivity index (χ2v) is 4.89. The minimum atomic E-state index is -0.226. The van der Waals surface area contributed by atoms with Crippen molar-refractivity contribution in [2.24, 2.45) is 0 Å². The van der Waals surface area contributed by atoms with Gasteiger partial charge in [0, 0.05) is 18.9 Å². The topological polar surface area (TPSA) is 42.4 Å². The van der Waals surface area contributed by atoms with Crippen LogP contribution in [0.5, 0.6) is 0 Å². The molecule has 1 aromatic heterocycles. The van der Waals surface area contributed by atoms with E-state index in [0.29, 0.717) is 13.2 Å². The molecule has 0 radical (unpaired) electrons. The number of rotatable bonds is 4. The average molecular weight is 296 g/mol. The van der Waals surface area contributed by atoms with Gasteiger partial charge in [-0.2, -0.15) is 0 Å². The fraction of sp³-hybridized carbons (Fsp3) is 0.222. The Kier molecular flexibility index (Phi) is 6.18. The largest absolute Gasteiger partial charge is 0.447 e. The molecule has 2 heterocycles. The molecule has 3 rings (SSSR count). The number of pyridine rings is 1. The number of hydrogen-bond donors (Lipinski definition) is 0. The second kappa shape index (κ2) is 8.62. The van der Waals surface area contributed by atoms with Crippen molar-refractivity contribution in [2.75, 3.05) is 6.61 Å². The highest BCUT2D eigenvalue weighted by molar-refractivity contribution is 5.70. The predicted molar refractivity (Wildman–Crippen MR) is 86.2 cm³/mol. The van der Waals surface area contributed by atoms with Crippen LogP contribution in [0.3, 0.4) is 0 Å². The summed E-state index contributed by atoms with van der Waals surface area (Å²) < 4.78 is 5.04. The summed E-state index contributed by atoms with van der Waals surface area (Å²) in [4.78, 5) is 17.1. The van der Waals surface area contributed by atoms with Gasteiger partial charge in [0.25, 0.3) is 0 Å². The Morgan fingerprint density at radius 3 is 2.41 bits per heavy atom. The molecule has 0 bridgehead atoms. The van der Waals surface area contributed by atoms with Crippen LogP contribution in [0, 0.1) is 0 Å². The summed E-state index contributed by atoms with van der Waals surface area (Å²) in [6.45, 7) is 4.78. The van der Waals surface area contributed by atoms with E-state index in [0.717, 1.165) is 12.0 Å². The van der Waals surface area contributed by atoms with Crippen LogP contribution in [0.15, 0.2) is 73.6 Å². The molecule has 0 N–H and O–H groups in total. The van der Waals surface area contributed by atoms with Gasteiger partial charge in [-0.05, 0) is 24.1 Å². The molecule has 4 nitrogen and oxygen atoms in total. The van der Waals surface area contributed by atoms with Gasteiger partial charge in [-0.3, -0.25) is 9.88 Å². The lowest BCUT2D eigenvalue weighted by Crippen LogP contribution is -2.32. The Morgan fingerprint density at radius 1 is 1.18 bits per heavy atom. The van der Waals surface area contributed by atoms with Gasteiger partial charge in [0.15, 0.2) is 0 Å². The molecule has 1 aromatic carbocycles. The maximum Gasteiger partial charge on any atom is 0.410 e. The van der Waals surface area contributed by atoms with E-state index in [1.165, 1.54) is 0 Å². The van der Waals surface area contributed by atoms with Gasteiger partial charge in [0.1, 0.15) is 6.61 Å². The van der Waals surface area contributed by atoms with Crippen molar-refractivity contribution in [2.45, 2.75) is 19.0 Å². The third kappa shape index (κ3) is 4.74. The maximum atomic E-state index is 11.5. The maximum absolute atomic E-state index is 11.5. The smallest absolute Gasteiger partial charge is 0.410 e. The Bertz CT molecular complexity index is 545. The van der Waals surface area contributed by atoms with Crippen LogP contribution in [0.1, 0.15) is 12.0 Å². The molecule has 0 spiro atoms. The monoisotopic (exact) mass is 296 g/mol. The van der Waals surface area contributed by atoms with Gasteiger partial charge in [-0.25, -0.2) is 4.79 Å². The first-order chi connectivity index (χ1) is 10.8. The fourth-order valence-electron chi connectivity index (χ4n) is 2.16. The third-order valence-corrected chi connectivity index (χ3v) is 3.28. The molecule has 1 amide bonds. The molecule has 1 unspecified atom stereocenters. The van der Waals surface area contributed by atoms with Crippen LogP contribution >= 0.6 is 0 Å². The van der Waals surface area contributed by atoms with Gasteiger partial charge >= 0.3 is 6.09 Å². The number of carbonyl (C=O) groups is 1. The predicted octanol–water partition coefficient (Wildman–Crippen LogP) is 3.67. The molecule has 1 atom stereocenters. The lowest BCUT2D eigenvalue weighted by atomic mass is 10.1. The quantitative estimate of drug-likeness (QED) is 0.809. The van der Waals surface area contributed by atoms with Crippen LogP contribution in [0.2, 0.25) is 0 Å². The van der Waals surface area contributed by atoms with Crippen molar-refractivity contribution < 1.29 is 9.53 Å². The highest BCUT2D eigenvalue weighted by atomic mass is 16.6. The van der Waals surface area contributed by atoms with Crippen LogP contribution in [-0.4, -0.2) is 28.6 Å². The summed E-state index contributed by atoms with van der Waals surface area (Å²) in [5.74, 6) is 0. The molecule has 1 aliphatic heterocycles. The highest BCUT2D eigenvalue weighted by Crippen LogP contribution is 2.18. The van der Waals surface area contributed by atoms with Crippen molar-refractivity contribution in [3.05, 3.63) is 79.1 Å². The van der Waals surface area contributed by atoms with E-state index in [4.69, 9.17) is 4.74 Å². The molecule has 114 valence electrons. The lowest BCUT2D eigenvalue weighted by Gasteiger charge is -2.20. The van der Waals surface area contributed by atoms with E-state index in [2.05, 4.69) is 11.6 Å². The molecule has 1 saturated heterocycles. The van der Waals surface area contributed by atoms with Crippen molar-refractivity contribution in [3.63, 3.8) is 0 Å². The summed E-state index contributed by atoms with van der Waals surface area (Å²) >= 11 is 0. The van der Waals surface area contributed by atoms with E-state index in [1.807, 2.05) is 54.6 Å². The van der Waals surface area contributed by atoms with Crippen molar-refractivity contribution in [1.29, 1.82) is 0 Å². The molecule has 2 aromatic rings. The summed E-state index contributed by atoms with van der Waals surface area (Å²) in [5.41, 5.74) is 1.12. The fourth-order valence-corrected chi connectivity index (χ4v) is 2.16. The molecule has 1 aliphatic rings. The summed E-state index contributed by atoms with van der Waals surface area (Å²) in [6.07, 6.45) is 5.87. The minimum Gasteiger partial charge on any atom is -0.447 e. The first kappa shape index (κ1) is 15.8. The van der Waals surface area contributed by atoms with Gasteiger partial charge in [-0.1, -0.05) is 42.5 Å². The zero-order chi connectivity index (χ0) is 15.6. The minimum absolute atomic E-state index is 0.130. The number of hydrogen-bond acceptors (Lipinski definition) is 3. The first-order valence-electron chi connectivity index (χ1n) is 7.24. The van der Waals surface area contributed by atoms with Crippen molar-refractivity contribution >= 4 is 6.09 Å². The van der Waals surface area contributed by atoms with Crippen LogP contribution in [-0.2, 0) is 11.3 Å². The highest BCUT2D eigenvalue weighted by Gasteiger charge is 2.31. The molecule has 0 aliphatic carbocycles. The number of amides is 1. The summed E-state index contributed by atoms with van der Waals surface area (Å²) in [6, 6.07) is 15.8. The van der Waals surface area contributed by atoms with Gasteiger partial charge in [0.05, 0.1) is 6.04 Å². The zero-order valence-corrected chi connectivity index (χ0v) is 12.5. The van der Waals surface area contributed by atoms with Crippen molar-refractivity contribution in [1.82, 2.24) is 9.88 Å². The second-order valence-electron chi connectivity index (χ2n) is 4.89. The molecular weight excluding hydrogens is 276 g/mol. The number of ether oxygens (including phenoxy) is 1. The number of aromatic nitrogens is 1. The van der Waals surface area contributed by atoms with Gasteiger partial charge in [-0.15, -0.1) is 6.58 Å². The summed E-state index contributed by atoms with van der Waals surface area (Å²) in [5, 5.41) is 0. The Balaban J connectivity index is 0.000000246. The molecule has 1 fully saturated rings. The van der Waals surface area contributed by atoms with Gasteiger partial charge < -0.3 is 4.74 Å². The molecular formula is C18H20N2O2. The van der Waals surface area contributed by atoms with E-state index in [1.54, 1.807) is 17.3 Å². The van der Waals surface area contributed by atoms with E-state index < -0.39 is 0 Å². The third-order valence-electron chi connectivity index (χ3n) is 3.28. The van der Waals surface area contributed by atoms with Crippen LogP contribution in [0.25, 0.3) is 0 Å². The Labute approximate surface area is 131 Å². The normalized spacial score (nSPS) is 16.5. The number of cyclic esters (lactones) is 1. The van der Waals surface area contributed by atoms with E-state index in [9.17, 15) is 4.79 Å². The van der Waals surface area contributed by atoms with Gasteiger partial charge in [0.2, 0.25) is 0 Å². The Morgan fingerprint density at radius 2 is 1.86 bits per heavy atom. The zero-order valence-electron chi connectivity index (χ0n) is 12.5. The number of nitrogens with zero attached hydrogens (tertiary/aromatic N) is 2. The van der Waals surface area contributed by atoms with Crippen LogP contribution in [0.4, 0.5) is 4.79 Å². The average Bonchev–Trinajstić information content (AvgIpc) is 2.92. The number of benzene rings is 1. The lowest BCUT2D eigenvalue weighted by molar-refractivity contribution is 0.156. The molecule has 0 saturated carbocycles. The van der Waals surface area contributed by atoms with Crippen molar-refractivity contribution in [3.8, 4) is 0 Å². The Hall–Kier alpha value is -2.62. The number of carbonyl (C=O) groups excluding carboxylic acids is 1. The SMILES string of the molecule is C=CCC1COC(=O)N1Cc1ccccc1.c1ccncc1. The molecule has 22 heavy (non-hydrogen) atoms. The molecule has 4 heteroatoms.